The Bertz CT molecular complexity index is 845. The molecular formula is C19H34N8O9. The minimum absolute atomic E-state index is 0.0574. The Morgan fingerprint density at radius 1 is 0.861 bits per heavy atom. The first-order valence-electron chi connectivity index (χ1n) is 10.8. The van der Waals surface area contributed by atoms with Gasteiger partial charge >= 0.3 is 11.9 Å². The lowest BCUT2D eigenvalue weighted by atomic mass is 10.1. The van der Waals surface area contributed by atoms with Gasteiger partial charge in [0.2, 0.25) is 23.6 Å². The lowest BCUT2D eigenvalue weighted by molar-refractivity contribution is -0.145. The van der Waals surface area contributed by atoms with Crippen LogP contribution in [-0.4, -0.2) is 93.7 Å². The maximum absolute atomic E-state index is 12.9. The number of rotatable bonds is 17. The van der Waals surface area contributed by atoms with Crippen molar-refractivity contribution in [2.75, 3.05) is 6.54 Å². The number of guanidine groups is 1. The summed E-state index contributed by atoms with van der Waals surface area (Å²) in [5, 5.41) is 34.4. The van der Waals surface area contributed by atoms with Crippen molar-refractivity contribution in [3.05, 3.63) is 0 Å². The molecule has 0 fully saturated rings. The average molecular weight is 519 g/mol. The fourth-order valence-electron chi connectivity index (χ4n) is 2.81. The number of nitrogens with zero attached hydrogens (tertiary/aromatic N) is 1. The van der Waals surface area contributed by atoms with Gasteiger partial charge in [-0.1, -0.05) is 0 Å². The molecule has 0 aliphatic carbocycles. The molecule has 14 N–H and O–H groups in total. The van der Waals surface area contributed by atoms with Crippen LogP contribution >= 0.6 is 0 Å². The quantitative estimate of drug-likeness (QED) is 0.0491. The molecule has 0 aromatic carbocycles. The van der Waals surface area contributed by atoms with E-state index in [0.29, 0.717) is 0 Å². The number of hydrogen-bond acceptors (Lipinski definition) is 9. The highest BCUT2D eigenvalue weighted by molar-refractivity contribution is 5.95. The molecule has 0 spiro atoms. The number of aliphatic hydroxyl groups excluding tert-OH is 1. The molecule has 0 aliphatic heterocycles. The minimum Gasteiger partial charge on any atom is -0.481 e. The second-order valence-electron chi connectivity index (χ2n) is 7.85. The minimum atomic E-state index is -1.69. The SMILES string of the molecule is CC(O)C(NC(=O)C(CCCN=C(N)N)NC(=O)C(CCC(=O)O)NC(=O)C(N)CC(N)=O)C(=O)O. The van der Waals surface area contributed by atoms with Gasteiger partial charge in [-0.05, 0) is 26.2 Å². The van der Waals surface area contributed by atoms with Crippen LogP contribution in [0, 0.1) is 0 Å². The first-order chi connectivity index (χ1) is 16.6. The van der Waals surface area contributed by atoms with Crippen LogP contribution < -0.4 is 38.9 Å². The molecule has 0 saturated heterocycles. The topological polar surface area (TPSA) is 316 Å². The van der Waals surface area contributed by atoms with Crippen molar-refractivity contribution in [2.45, 2.75) is 69.3 Å². The Labute approximate surface area is 206 Å². The van der Waals surface area contributed by atoms with E-state index >= 15 is 0 Å². The summed E-state index contributed by atoms with van der Waals surface area (Å²) in [6, 6.07) is -5.96. The van der Waals surface area contributed by atoms with Crippen LogP contribution in [0.25, 0.3) is 0 Å². The zero-order valence-electron chi connectivity index (χ0n) is 19.7. The van der Waals surface area contributed by atoms with Gasteiger partial charge in [0.05, 0.1) is 18.6 Å². The highest BCUT2D eigenvalue weighted by atomic mass is 16.4. The van der Waals surface area contributed by atoms with Gasteiger partial charge in [0, 0.05) is 13.0 Å². The molecule has 5 atom stereocenters. The number of carbonyl (C=O) groups excluding carboxylic acids is 4. The molecule has 4 amide bonds. The maximum atomic E-state index is 12.9. The lowest BCUT2D eigenvalue weighted by Gasteiger charge is -2.25. The summed E-state index contributed by atoms with van der Waals surface area (Å²) in [7, 11) is 0. The third kappa shape index (κ3) is 13.0. The molecular weight excluding hydrogens is 484 g/mol. The Balaban J connectivity index is 5.70. The van der Waals surface area contributed by atoms with Crippen LogP contribution in [0.1, 0.15) is 39.0 Å². The van der Waals surface area contributed by atoms with Crippen LogP contribution in [0.4, 0.5) is 0 Å². The number of primary amides is 1. The fraction of sp³-hybridized carbons (Fsp3) is 0.632. The number of carboxylic acids is 2. The molecule has 17 nitrogen and oxygen atoms in total. The van der Waals surface area contributed by atoms with Gasteiger partial charge in [-0.15, -0.1) is 0 Å². The summed E-state index contributed by atoms with van der Waals surface area (Å²) in [6.45, 7) is 1.19. The van der Waals surface area contributed by atoms with E-state index in [1.165, 1.54) is 0 Å². The van der Waals surface area contributed by atoms with Crippen LogP contribution in [-0.2, 0) is 28.8 Å². The number of hydrogen-bond donors (Lipinski definition) is 10. The van der Waals surface area contributed by atoms with Crippen molar-refractivity contribution < 1.29 is 44.1 Å². The van der Waals surface area contributed by atoms with Gasteiger partial charge in [0.1, 0.15) is 12.1 Å². The van der Waals surface area contributed by atoms with E-state index in [4.69, 9.17) is 28.0 Å². The second-order valence-corrected chi connectivity index (χ2v) is 7.85. The number of aliphatic hydroxyl groups is 1. The fourth-order valence-corrected chi connectivity index (χ4v) is 2.81. The number of carboxylic acid groups (broad SMARTS) is 2. The summed E-state index contributed by atoms with van der Waals surface area (Å²) in [5.74, 6) is -6.84. The van der Waals surface area contributed by atoms with Crippen molar-refractivity contribution in [3.8, 4) is 0 Å². The number of carbonyl (C=O) groups is 6. The third-order valence-electron chi connectivity index (χ3n) is 4.66. The van der Waals surface area contributed by atoms with Crippen molar-refractivity contribution in [1.29, 1.82) is 0 Å². The van der Waals surface area contributed by atoms with E-state index in [-0.39, 0.29) is 25.3 Å². The summed E-state index contributed by atoms with van der Waals surface area (Å²) >= 11 is 0. The second kappa shape index (κ2) is 15.8. The van der Waals surface area contributed by atoms with Gasteiger partial charge < -0.3 is 54.2 Å². The van der Waals surface area contributed by atoms with Gasteiger partial charge in [-0.25, -0.2) is 4.79 Å². The van der Waals surface area contributed by atoms with Crippen LogP contribution in [0.5, 0.6) is 0 Å². The van der Waals surface area contributed by atoms with Gasteiger partial charge in [-0.2, -0.15) is 0 Å². The van der Waals surface area contributed by atoms with Gasteiger partial charge in [0.25, 0.3) is 0 Å². The molecule has 0 saturated carbocycles. The normalized spacial score (nSPS) is 14.8. The van der Waals surface area contributed by atoms with E-state index in [9.17, 15) is 39.0 Å². The molecule has 0 heterocycles. The van der Waals surface area contributed by atoms with Crippen molar-refractivity contribution >= 4 is 41.5 Å². The Kier molecular flexibility index (Phi) is 14.1. The Morgan fingerprint density at radius 3 is 1.86 bits per heavy atom. The van der Waals surface area contributed by atoms with Crippen LogP contribution in [0.15, 0.2) is 4.99 Å². The molecule has 0 radical (unpaired) electrons. The predicted octanol–water partition coefficient (Wildman–Crippen LogP) is -4.97. The zero-order chi connectivity index (χ0) is 28.0. The Hall–Kier alpha value is -3.99. The smallest absolute Gasteiger partial charge is 0.328 e. The summed E-state index contributed by atoms with van der Waals surface area (Å²) in [4.78, 5) is 74.9. The van der Waals surface area contributed by atoms with Crippen molar-refractivity contribution in [2.24, 2.45) is 27.9 Å². The standard InChI is InChI=1S/C19H34N8O9/c1-8(28)14(18(35)36)27-17(34)10(3-2-6-24-19(22)23)26-16(33)11(4-5-13(30)31)25-15(32)9(20)7-12(21)29/h8-11,14,28H,2-7,20H2,1H3,(H2,21,29)(H,25,32)(H,26,33)(H,27,34)(H,30,31)(H,35,36)(H4,22,23,24). The van der Waals surface area contributed by atoms with Crippen molar-refractivity contribution in [3.63, 3.8) is 0 Å². The van der Waals surface area contributed by atoms with E-state index in [1.54, 1.807) is 0 Å². The van der Waals surface area contributed by atoms with E-state index < -0.39 is 85.1 Å². The summed E-state index contributed by atoms with van der Waals surface area (Å²) < 4.78 is 0. The predicted molar refractivity (Wildman–Crippen MR) is 124 cm³/mol. The number of amides is 4. The van der Waals surface area contributed by atoms with E-state index in [2.05, 4.69) is 20.9 Å². The molecule has 0 aromatic rings. The van der Waals surface area contributed by atoms with E-state index in [1.807, 2.05) is 0 Å². The number of nitrogens with two attached hydrogens (primary N) is 4. The summed E-state index contributed by atoms with van der Waals surface area (Å²) in [6.07, 6.45) is -2.90. The number of nitrogens with one attached hydrogen (secondary N) is 3. The lowest BCUT2D eigenvalue weighted by Crippen LogP contribution is -2.58. The summed E-state index contributed by atoms with van der Waals surface area (Å²) in [5.41, 5.74) is 21.0. The first-order valence-corrected chi connectivity index (χ1v) is 10.8. The van der Waals surface area contributed by atoms with Gasteiger partial charge in [-0.3, -0.25) is 29.0 Å². The largest absolute Gasteiger partial charge is 0.481 e. The Morgan fingerprint density at radius 2 is 1.39 bits per heavy atom. The molecule has 0 bridgehead atoms. The molecule has 0 aliphatic rings. The van der Waals surface area contributed by atoms with E-state index in [0.717, 1.165) is 6.92 Å². The average Bonchev–Trinajstić information content (AvgIpc) is 2.75. The molecule has 0 rings (SSSR count). The number of aliphatic imine (C=N–C) groups is 1. The highest BCUT2D eigenvalue weighted by Gasteiger charge is 2.32. The van der Waals surface area contributed by atoms with Crippen LogP contribution in [0.2, 0.25) is 0 Å². The molecule has 36 heavy (non-hydrogen) atoms. The highest BCUT2D eigenvalue weighted by Crippen LogP contribution is 2.05. The third-order valence-corrected chi connectivity index (χ3v) is 4.66. The maximum Gasteiger partial charge on any atom is 0.328 e. The molecule has 5 unspecified atom stereocenters. The monoisotopic (exact) mass is 518 g/mol. The zero-order valence-corrected chi connectivity index (χ0v) is 19.7. The molecule has 17 heteroatoms. The molecule has 0 aromatic heterocycles. The molecule has 204 valence electrons. The van der Waals surface area contributed by atoms with Crippen molar-refractivity contribution in [1.82, 2.24) is 16.0 Å². The van der Waals surface area contributed by atoms with Gasteiger partial charge in [0.15, 0.2) is 12.0 Å². The van der Waals surface area contributed by atoms with Crippen LogP contribution in [0.3, 0.4) is 0 Å². The number of aliphatic carboxylic acids is 2. The first kappa shape index (κ1) is 32.0.